The van der Waals surface area contributed by atoms with Gasteiger partial charge in [-0.3, -0.25) is 14.2 Å². The van der Waals surface area contributed by atoms with Crippen LogP contribution in [-0.4, -0.2) is 28.2 Å². The summed E-state index contributed by atoms with van der Waals surface area (Å²) in [5.74, 6) is -0.0888. The summed E-state index contributed by atoms with van der Waals surface area (Å²) >= 11 is 0. The largest absolute Gasteiger partial charge is 0.493 e. The molecule has 32 heavy (non-hydrogen) atoms. The number of aliphatic carboxylic acids is 1. The fraction of sp³-hybridized carbons (Fsp3) is 0.185. The fourth-order valence-corrected chi connectivity index (χ4v) is 3.93. The van der Waals surface area contributed by atoms with Crippen molar-refractivity contribution in [3.8, 4) is 5.75 Å². The average Bonchev–Trinajstić information content (AvgIpc) is 3.14. The first-order valence-electron chi connectivity index (χ1n) is 10.6. The molecule has 5 heteroatoms. The molecule has 0 aliphatic heterocycles. The zero-order valence-corrected chi connectivity index (χ0v) is 18.1. The van der Waals surface area contributed by atoms with Gasteiger partial charge in [-0.15, -0.1) is 0 Å². The van der Waals surface area contributed by atoms with Crippen molar-refractivity contribution in [3.63, 3.8) is 0 Å². The van der Waals surface area contributed by atoms with Crippen LogP contribution in [-0.2, 0) is 11.2 Å². The summed E-state index contributed by atoms with van der Waals surface area (Å²) in [4.78, 5) is 24.4. The molecule has 0 saturated carbocycles. The summed E-state index contributed by atoms with van der Waals surface area (Å²) in [6.07, 6.45) is -0.0809. The molecule has 1 heterocycles. The van der Waals surface area contributed by atoms with Crippen LogP contribution in [0.1, 0.15) is 40.0 Å². The van der Waals surface area contributed by atoms with Crippen LogP contribution in [0.5, 0.6) is 5.75 Å². The Hall–Kier alpha value is -3.86. The zero-order valence-electron chi connectivity index (χ0n) is 18.1. The second-order valence-corrected chi connectivity index (χ2v) is 7.99. The minimum atomic E-state index is -0.897. The van der Waals surface area contributed by atoms with E-state index in [2.05, 4.69) is 19.1 Å². The second kappa shape index (κ2) is 9.10. The number of carboxylic acids is 1. The molecule has 0 radical (unpaired) electrons. The number of benzene rings is 3. The number of carboxylic acid groups (broad SMARTS) is 1. The van der Waals surface area contributed by atoms with Crippen molar-refractivity contribution in [2.24, 2.45) is 0 Å². The quantitative estimate of drug-likeness (QED) is 0.426. The number of aromatic nitrogens is 1. The molecule has 5 nitrogen and oxygen atoms in total. The highest BCUT2D eigenvalue weighted by atomic mass is 16.5. The minimum Gasteiger partial charge on any atom is -0.493 e. The maximum atomic E-state index is 13.2. The van der Waals surface area contributed by atoms with E-state index < -0.39 is 5.97 Å². The zero-order chi connectivity index (χ0) is 22.7. The summed E-state index contributed by atoms with van der Waals surface area (Å²) in [5, 5.41) is 9.96. The number of ether oxygens (including phenoxy) is 1. The third kappa shape index (κ3) is 4.42. The van der Waals surface area contributed by atoms with Crippen LogP contribution in [0, 0.1) is 6.92 Å². The standard InChI is InChI=1S/C27H25NO4/c1-18(20-7-4-3-5-8-20)17-32-23-13-11-21(12-14-23)27(31)28-19(2)15-24-22(16-26(29)30)9-6-10-25(24)28/h3-15,18H,16-17H2,1-2H3,(H,29,30). The molecule has 0 fully saturated rings. The van der Waals surface area contributed by atoms with E-state index in [0.717, 1.165) is 11.1 Å². The van der Waals surface area contributed by atoms with Gasteiger partial charge < -0.3 is 9.84 Å². The predicted octanol–water partition coefficient (Wildman–Crippen LogP) is 5.45. The first-order valence-corrected chi connectivity index (χ1v) is 10.6. The number of hydrogen-bond donors (Lipinski definition) is 1. The van der Waals surface area contributed by atoms with E-state index in [9.17, 15) is 14.7 Å². The van der Waals surface area contributed by atoms with E-state index in [0.29, 0.717) is 29.0 Å². The maximum Gasteiger partial charge on any atom is 0.307 e. The van der Waals surface area contributed by atoms with Gasteiger partial charge in [-0.05, 0) is 54.4 Å². The summed E-state index contributed by atoms with van der Waals surface area (Å²) in [6, 6.07) is 24.6. The molecule has 0 saturated heterocycles. The van der Waals surface area contributed by atoms with Gasteiger partial charge in [0.15, 0.2) is 0 Å². The van der Waals surface area contributed by atoms with Crippen LogP contribution in [0.15, 0.2) is 78.9 Å². The Kier molecular flexibility index (Phi) is 6.08. The van der Waals surface area contributed by atoms with E-state index in [1.165, 1.54) is 5.56 Å². The number of hydrogen-bond acceptors (Lipinski definition) is 3. The van der Waals surface area contributed by atoms with Crippen molar-refractivity contribution in [3.05, 3.63) is 101 Å². The Labute approximate surface area is 186 Å². The number of carbonyl (C=O) groups is 2. The number of carbonyl (C=O) groups excluding carboxylic acids is 1. The highest BCUT2D eigenvalue weighted by molar-refractivity contribution is 6.04. The lowest BCUT2D eigenvalue weighted by molar-refractivity contribution is -0.136. The molecular weight excluding hydrogens is 402 g/mol. The second-order valence-electron chi connectivity index (χ2n) is 7.99. The summed E-state index contributed by atoms with van der Waals surface area (Å²) < 4.78 is 7.55. The van der Waals surface area contributed by atoms with Crippen molar-refractivity contribution in [1.82, 2.24) is 4.57 Å². The smallest absolute Gasteiger partial charge is 0.307 e. The molecule has 0 amide bonds. The Morgan fingerprint density at radius 1 is 0.969 bits per heavy atom. The van der Waals surface area contributed by atoms with Crippen molar-refractivity contribution in [1.29, 1.82) is 0 Å². The lowest BCUT2D eigenvalue weighted by Gasteiger charge is -2.14. The summed E-state index contributed by atoms with van der Waals surface area (Å²) in [6.45, 7) is 4.52. The normalized spacial score (nSPS) is 11.9. The van der Waals surface area contributed by atoms with E-state index in [-0.39, 0.29) is 18.2 Å². The van der Waals surface area contributed by atoms with E-state index >= 15 is 0 Å². The van der Waals surface area contributed by atoms with Gasteiger partial charge in [0, 0.05) is 22.6 Å². The molecule has 0 aliphatic carbocycles. The molecule has 0 aliphatic rings. The fourth-order valence-electron chi connectivity index (χ4n) is 3.93. The third-order valence-corrected chi connectivity index (χ3v) is 5.63. The number of rotatable bonds is 7. The van der Waals surface area contributed by atoms with Gasteiger partial charge in [0.2, 0.25) is 0 Å². The summed E-state index contributed by atoms with van der Waals surface area (Å²) in [5.41, 5.74) is 3.93. The molecule has 1 unspecified atom stereocenters. The van der Waals surface area contributed by atoms with Crippen LogP contribution in [0.3, 0.4) is 0 Å². The molecule has 0 spiro atoms. The topological polar surface area (TPSA) is 68.5 Å². The molecule has 1 atom stereocenters. The Morgan fingerprint density at radius 3 is 2.38 bits per heavy atom. The van der Waals surface area contributed by atoms with Crippen LogP contribution >= 0.6 is 0 Å². The van der Waals surface area contributed by atoms with Gasteiger partial charge in [0.25, 0.3) is 5.91 Å². The van der Waals surface area contributed by atoms with Gasteiger partial charge in [-0.1, -0.05) is 49.4 Å². The maximum absolute atomic E-state index is 13.2. The van der Waals surface area contributed by atoms with Crippen molar-refractivity contribution >= 4 is 22.8 Å². The van der Waals surface area contributed by atoms with Crippen LogP contribution in [0.4, 0.5) is 0 Å². The molecule has 4 aromatic rings. The highest BCUT2D eigenvalue weighted by Crippen LogP contribution is 2.26. The lowest BCUT2D eigenvalue weighted by atomic mass is 10.0. The molecule has 162 valence electrons. The van der Waals surface area contributed by atoms with Crippen LogP contribution < -0.4 is 4.74 Å². The SMILES string of the molecule is Cc1cc2c(CC(=O)O)cccc2n1C(=O)c1ccc(OCC(C)c2ccccc2)cc1. The molecule has 0 bridgehead atoms. The highest BCUT2D eigenvalue weighted by Gasteiger charge is 2.17. The predicted molar refractivity (Wildman–Crippen MR) is 125 cm³/mol. The van der Waals surface area contributed by atoms with Crippen LogP contribution in [0.2, 0.25) is 0 Å². The molecule has 1 N–H and O–H groups in total. The van der Waals surface area contributed by atoms with E-state index in [4.69, 9.17) is 4.74 Å². The van der Waals surface area contributed by atoms with E-state index in [1.54, 1.807) is 28.8 Å². The number of fused-ring (bicyclic) bond motifs is 1. The van der Waals surface area contributed by atoms with Crippen molar-refractivity contribution in [2.75, 3.05) is 6.61 Å². The Balaban J connectivity index is 1.52. The minimum absolute atomic E-state index is 0.0809. The average molecular weight is 428 g/mol. The van der Waals surface area contributed by atoms with E-state index in [1.807, 2.05) is 49.4 Å². The summed E-state index contributed by atoms with van der Waals surface area (Å²) in [7, 11) is 0. The Bertz CT molecular complexity index is 1260. The lowest BCUT2D eigenvalue weighted by Crippen LogP contribution is -2.13. The van der Waals surface area contributed by atoms with Gasteiger partial charge in [-0.25, -0.2) is 0 Å². The first-order chi connectivity index (χ1) is 15.4. The van der Waals surface area contributed by atoms with Crippen LogP contribution in [0.25, 0.3) is 10.9 Å². The van der Waals surface area contributed by atoms with Crippen molar-refractivity contribution < 1.29 is 19.4 Å². The van der Waals surface area contributed by atoms with Gasteiger partial charge >= 0.3 is 5.97 Å². The molecule has 1 aromatic heterocycles. The van der Waals surface area contributed by atoms with Gasteiger partial charge in [0.05, 0.1) is 18.5 Å². The number of aryl methyl sites for hydroxylation is 1. The Morgan fingerprint density at radius 2 is 1.69 bits per heavy atom. The molecule has 3 aromatic carbocycles. The van der Waals surface area contributed by atoms with Crippen molar-refractivity contribution in [2.45, 2.75) is 26.2 Å². The first kappa shape index (κ1) is 21.4. The number of nitrogens with zero attached hydrogens (tertiary/aromatic N) is 1. The van der Waals surface area contributed by atoms with Gasteiger partial charge in [-0.2, -0.15) is 0 Å². The third-order valence-electron chi connectivity index (χ3n) is 5.63. The molecule has 4 rings (SSSR count). The monoisotopic (exact) mass is 427 g/mol. The molecular formula is C27H25NO4. The van der Waals surface area contributed by atoms with Gasteiger partial charge in [0.1, 0.15) is 5.75 Å².